The Morgan fingerprint density at radius 3 is 2.67 bits per heavy atom. The summed E-state index contributed by atoms with van der Waals surface area (Å²) in [7, 11) is 0. The van der Waals surface area contributed by atoms with Crippen molar-refractivity contribution < 1.29 is 13.2 Å². The van der Waals surface area contributed by atoms with Gasteiger partial charge < -0.3 is 5.32 Å². The molecule has 2 heterocycles. The number of hydrogen-bond donors (Lipinski definition) is 1. The summed E-state index contributed by atoms with van der Waals surface area (Å²) in [5.41, 5.74) is -0.334. The number of rotatable bonds is 0. The van der Waals surface area contributed by atoms with Crippen molar-refractivity contribution in [1.29, 1.82) is 0 Å². The van der Waals surface area contributed by atoms with Gasteiger partial charge in [0.25, 0.3) is 0 Å². The van der Waals surface area contributed by atoms with E-state index in [1.165, 1.54) is 6.07 Å². The molecule has 0 spiro atoms. The second-order valence-corrected chi connectivity index (χ2v) is 4.36. The fourth-order valence-electron chi connectivity index (χ4n) is 1.68. The number of nitrogens with one attached hydrogen (secondary N) is 1. The molecule has 0 amide bonds. The van der Waals surface area contributed by atoms with Gasteiger partial charge in [0.1, 0.15) is 5.82 Å². The molecule has 0 saturated heterocycles. The van der Waals surface area contributed by atoms with Crippen LogP contribution < -0.4 is 5.32 Å². The molecule has 5 heteroatoms. The van der Waals surface area contributed by atoms with Crippen LogP contribution in [-0.2, 0) is 11.6 Å². The fourth-order valence-corrected chi connectivity index (χ4v) is 1.68. The second kappa shape index (κ2) is 2.87. The fraction of sp³-hybridized carbons (Fsp3) is 0.500. The number of halogens is 3. The van der Waals surface area contributed by atoms with Gasteiger partial charge in [-0.15, -0.1) is 0 Å². The predicted octanol–water partition coefficient (Wildman–Crippen LogP) is 2.80. The van der Waals surface area contributed by atoms with Crippen molar-refractivity contribution in [2.75, 3.05) is 11.9 Å². The number of fused-ring (bicyclic) bond motifs is 1. The molecule has 0 bridgehead atoms. The van der Waals surface area contributed by atoms with Crippen LogP contribution in [0.25, 0.3) is 0 Å². The number of alkyl halides is 3. The van der Waals surface area contributed by atoms with Crippen molar-refractivity contribution in [3.05, 3.63) is 23.4 Å². The maximum Gasteiger partial charge on any atom is 0.417 e. The largest absolute Gasteiger partial charge is 0.417 e. The summed E-state index contributed by atoms with van der Waals surface area (Å²) >= 11 is 0. The third-order valence-corrected chi connectivity index (χ3v) is 2.64. The first kappa shape index (κ1) is 10.3. The summed E-state index contributed by atoms with van der Waals surface area (Å²) in [6.45, 7) is 4.41. The SMILES string of the molecule is CC1(C)CNc2ncc(C(F)(F)F)cc21. The molecule has 0 saturated carbocycles. The van der Waals surface area contributed by atoms with E-state index >= 15 is 0 Å². The Balaban J connectivity index is 2.51. The second-order valence-electron chi connectivity index (χ2n) is 4.36. The van der Waals surface area contributed by atoms with Crippen molar-refractivity contribution in [1.82, 2.24) is 4.98 Å². The highest BCUT2D eigenvalue weighted by Gasteiger charge is 2.36. The van der Waals surface area contributed by atoms with Gasteiger partial charge in [-0.3, -0.25) is 0 Å². The molecule has 0 unspecified atom stereocenters. The lowest BCUT2D eigenvalue weighted by molar-refractivity contribution is -0.137. The van der Waals surface area contributed by atoms with Gasteiger partial charge in [0.2, 0.25) is 0 Å². The van der Waals surface area contributed by atoms with Crippen molar-refractivity contribution in [2.45, 2.75) is 25.4 Å². The molecule has 1 aromatic rings. The minimum absolute atomic E-state index is 0.288. The van der Waals surface area contributed by atoms with E-state index in [9.17, 15) is 13.2 Å². The Morgan fingerprint density at radius 1 is 1.40 bits per heavy atom. The third kappa shape index (κ3) is 1.66. The van der Waals surface area contributed by atoms with Crippen LogP contribution in [0.5, 0.6) is 0 Å². The molecule has 1 N–H and O–H groups in total. The summed E-state index contributed by atoms with van der Waals surface area (Å²) in [5.74, 6) is 0.563. The lowest BCUT2D eigenvalue weighted by atomic mass is 9.87. The van der Waals surface area contributed by atoms with Crippen LogP contribution in [0, 0.1) is 0 Å². The average molecular weight is 216 g/mol. The van der Waals surface area contributed by atoms with Crippen molar-refractivity contribution >= 4 is 5.82 Å². The van der Waals surface area contributed by atoms with Gasteiger partial charge in [-0.05, 0) is 6.07 Å². The molecule has 1 aliphatic heterocycles. The third-order valence-electron chi connectivity index (χ3n) is 2.64. The standard InChI is InChI=1S/C10H11F3N2/c1-9(2)5-15-8-7(9)3-6(4-14-8)10(11,12)13/h3-4H,5H2,1-2H3,(H,14,15). The number of pyridine rings is 1. The van der Waals surface area contributed by atoms with E-state index in [1.807, 2.05) is 13.8 Å². The molecule has 0 radical (unpaired) electrons. The lowest BCUT2D eigenvalue weighted by Gasteiger charge is -2.17. The van der Waals surface area contributed by atoms with Gasteiger partial charge in [0.15, 0.2) is 0 Å². The predicted molar refractivity (Wildman–Crippen MR) is 50.8 cm³/mol. The molecular weight excluding hydrogens is 205 g/mol. The van der Waals surface area contributed by atoms with E-state index < -0.39 is 11.7 Å². The molecule has 0 atom stereocenters. The molecule has 0 fully saturated rings. The molecule has 1 aliphatic rings. The first-order chi connectivity index (χ1) is 6.81. The van der Waals surface area contributed by atoms with E-state index in [2.05, 4.69) is 10.3 Å². The van der Waals surface area contributed by atoms with Crippen LogP contribution in [0.4, 0.5) is 19.0 Å². The van der Waals surface area contributed by atoms with Crippen LogP contribution in [0.2, 0.25) is 0 Å². The number of nitrogens with zero attached hydrogens (tertiary/aromatic N) is 1. The summed E-state index contributed by atoms with van der Waals surface area (Å²) in [6, 6.07) is 1.18. The zero-order valence-corrected chi connectivity index (χ0v) is 8.44. The number of aromatic nitrogens is 1. The molecule has 0 aliphatic carbocycles. The first-order valence-electron chi connectivity index (χ1n) is 4.62. The zero-order chi connectivity index (χ0) is 11.3. The van der Waals surface area contributed by atoms with Crippen LogP contribution in [0.3, 0.4) is 0 Å². The van der Waals surface area contributed by atoms with Crippen molar-refractivity contribution in [3.63, 3.8) is 0 Å². The molecule has 0 aromatic carbocycles. The molecule has 15 heavy (non-hydrogen) atoms. The van der Waals surface area contributed by atoms with Gasteiger partial charge in [-0.1, -0.05) is 13.8 Å². The Hall–Kier alpha value is -1.26. The van der Waals surface area contributed by atoms with Crippen LogP contribution in [0.1, 0.15) is 25.0 Å². The maximum atomic E-state index is 12.4. The van der Waals surface area contributed by atoms with Crippen LogP contribution in [0.15, 0.2) is 12.3 Å². The van der Waals surface area contributed by atoms with E-state index in [1.54, 1.807) is 0 Å². The van der Waals surface area contributed by atoms with Gasteiger partial charge >= 0.3 is 6.18 Å². The zero-order valence-electron chi connectivity index (χ0n) is 8.44. The van der Waals surface area contributed by atoms with Gasteiger partial charge in [0, 0.05) is 23.7 Å². The molecule has 82 valence electrons. The Bertz CT molecular complexity index is 396. The summed E-state index contributed by atoms with van der Waals surface area (Å²) in [4.78, 5) is 3.79. The maximum absolute atomic E-state index is 12.4. The lowest BCUT2D eigenvalue weighted by Crippen LogP contribution is -2.19. The van der Waals surface area contributed by atoms with E-state index in [0.717, 1.165) is 6.20 Å². The Morgan fingerprint density at radius 2 is 2.07 bits per heavy atom. The van der Waals surface area contributed by atoms with Gasteiger partial charge in [-0.25, -0.2) is 4.98 Å². The summed E-state index contributed by atoms with van der Waals surface area (Å²) in [6.07, 6.45) is -3.45. The number of anilines is 1. The molecule has 2 nitrogen and oxygen atoms in total. The Kier molecular flexibility index (Phi) is 1.96. The first-order valence-corrected chi connectivity index (χ1v) is 4.62. The van der Waals surface area contributed by atoms with E-state index in [0.29, 0.717) is 17.9 Å². The van der Waals surface area contributed by atoms with Gasteiger partial charge in [0.05, 0.1) is 5.56 Å². The quantitative estimate of drug-likeness (QED) is 0.721. The van der Waals surface area contributed by atoms with E-state index in [4.69, 9.17) is 0 Å². The van der Waals surface area contributed by atoms with Gasteiger partial charge in [-0.2, -0.15) is 13.2 Å². The summed E-state index contributed by atoms with van der Waals surface area (Å²) in [5, 5.41) is 2.99. The monoisotopic (exact) mass is 216 g/mol. The highest BCUT2D eigenvalue weighted by Crippen LogP contribution is 2.38. The summed E-state index contributed by atoms with van der Waals surface area (Å²) < 4.78 is 37.3. The van der Waals surface area contributed by atoms with Crippen LogP contribution in [-0.4, -0.2) is 11.5 Å². The van der Waals surface area contributed by atoms with E-state index in [-0.39, 0.29) is 5.41 Å². The molecule has 2 rings (SSSR count). The minimum atomic E-state index is -4.32. The molecular formula is C10H11F3N2. The van der Waals surface area contributed by atoms with Crippen molar-refractivity contribution in [3.8, 4) is 0 Å². The Labute approximate surface area is 85.5 Å². The topological polar surface area (TPSA) is 24.9 Å². The minimum Gasteiger partial charge on any atom is -0.369 e. The highest BCUT2D eigenvalue weighted by molar-refractivity contribution is 5.55. The smallest absolute Gasteiger partial charge is 0.369 e. The molecule has 1 aromatic heterocycles. The number of hydrogen-bond acceptors (Lipinski definition) is 2. The van der Waals surface area contributed by atoms with Crippen molar-refractivity contribution in [2.24, 2.45) is 0 Å². The normalized spacial score (nSPS) is 18.5. The van der Waals surface area contributed by atoms with Crippen LogP contribution >= 0.6 is 0 Å². The average Bonchev–Trinajstić information content (AvgIpc) is 2.41. The highest BCUT2D eigenvalue weighted by atomic mass is 19.4.